The van der Waals surface area contributed by atoms with Crippen molar-refractivity contribution in [3.8, 4) is 0 Å². The van der Waals surface area contributed by atoms with Gasteiger partial charge in [0.25, 0.3) is 5.91 Å². The maximum absolute atomic E-state index is 11.9. The van der Waals surface area contributed by atoms with Crippen molar-refractivity contribution in [2.75, 3.05) is 11.9 Å². The Morgan fingerprint density at radius 1 is 1.09 bits per heavy atom. The van der Waals surface area contributed by atoms with E-state index in [1.807, 2.05) is 24.3 Å². The first-order valence-corrected chi connectivity index (χ1v) is 7.45. The van der Waals surface area contributed by atoms with Gasteiger partial charge in [0, 0.05) is 18.1 Å². The molecule has 0 saturated carbocycles. The number of pyridine rings is 1. The maximum Gasteiger partial charge on any atom is 0.253 e. The van der Waals surface area contributed by atoms with Crippen molar-refractivity contribution in [3.05, 3.63) is 59.9 Å². The van der Waals surface area contributed by atoms with E-state index >= 15 is 0 Å². The average molecular weight is 311 g/mol. The van der Waals surface area contributed by atoms with Gasteiger partial charge in [0.1, 0.15) is 0 Å². The van der Waals surface area contributed by atoms with Gasteiger partial charge in [0.05, 0.1) is 12.1 Å². The molecule has 5 nitrogen and oxygen atoms in total. The predicted molar refractivity (Wildman–Crippen MR) is 90.3 cm³/mol. The van der Waals surface area contributed by atoms with Crippen LogP contribution in [0.1, 0.15) is 36.7 Å². The molecule has 0 saturated heterocycles. The zero-order chi connectivity index (χ0) is 16.9. The molecule has 0 bridgehead atoms. The van der Waals surface area contributed by atoms with Crippen molar-refractivity contribution in [2.24, 2.45) is 0 Å². The first-order valence-electron chi connectivity index (χ1n) is 7.45. The van der Waals surface area contributed by atoms with E-state index in [2.05, 4.69) is 36.4 Å². The average Bonchev–Trinajstić information content (AvgIpc) is 2.53. The summed E-state index contributed by atoms with van der Waals surface area (Å²) in [4.78, 5) is 27.6. The topological polar surface area (TPSA) is 71.1 Å². The summed E-state index contributed by atoms with van der Waals surface area (Å²) in [7, 11) is 0. The quantitative estimate of drug-likeness (QED) is 0.912. The molecule has 0 aliphatic carbocycles. The minimum atomic E-state index is -0.323. The minimum absolute atomic E-state index is 0.0697. The Labute approximate surface area is 136 Å². The van der Waals surface area contributed by atoms with Gasteiger partial charge in [0.2, 0.25) is 5.91 Å². The standard InChI is InChI=1S/C18H21N3O2/c1-18(2,3)14-6-8-15(9-7-14)21-16(22)12-20-17(23)13-5-4-10-19-11-13/h4-11H,12H2,1-3H3,(H,20,23)(H,21,22). The van der Waals surface area contributed by atoms with Gasteiger partial charge in [-0.15, -0.1) is 0 Å². The summed E-state index contributed by atoms with van der Waals surface area (Å²) in [6.45, 7) is 6.31. The number of carbonyl (C=O) groups excluding carboxylic acids is 2. The van der Waals surface area contributed by atoms with Crippen molar-refractivity contribution in [2.45, 2.75) is 26.2 Å². The second-order valence-electron chi connectivity index (χ2n) is 6.30. The third kappa shape index (κ3) is 4.92. The Morgan fingerprint density at radius 2 is 1.78 bits per heavy atom. The van der Waals surface area contributed by atoms with Gasteiger partial charge in [-0.3, -0.25) is 14.6 Å². The van der Waals surface area contributed by atoms with Crippen LogP contribution in [0.25, 0.3) is 0 Å². The lowest BCUT2D eigenvalue weighted by Crippen LogP contribution is -2.32. The van der Waals surface area contributed by atoms with Crippen LogP contribution in [-0.2, 0) is 10.2 Å². The van der Waals surface area contributed by atoms with Crippen molar-refractivity contribution in [1.82, 2.24) is 10.3 Å². The summed E-state index contributed by atoms with van der Waals surface area (Å²) in [6.07, 6.45) is 3.04. The van der Waals surface area contributed by atoms with E-state index in [9.17, 15) is 9.59 Å². The molecule has 0 unspecified atom stereocenters. The molecule has 1 heterocycles. The van der Waals surface area contributed by atoms with Gasteiger partial charge < -0.3 is 10.6 Å². The Morgan fingerprint density at radius 3 is 2.35 bits per heavy atom. The van der Waals surface area contributed by atoms with Crippen LogP contribution >= 0.6 is 0 Å². The zero-order valence-corrected chi connectivity index (χ0v) is 13.6. The second kappa shape index (κ2) is 7.05. The van der Waals surface area contributed by atoms with E-state index in [0.717, 1.165) is 0 Å². The second-order valence-corrected chi connectivity index (χ2v) is 6.30. The molecular weight excluding hydrogens is 290 g/mol. The fourth-order valence-electron chi connectivity index (χ4n) is 2.02. The SMILES string of the molecule is CC(C)(C)c1ccc(NC(=O)CNC(=O)c2cccnc2)cc1. The molecule has 0 radical (unpaired) electrons. The van der Waals surface area contributed by atoms with Gasteiger partial charge in [0.15, 0.2) is 0 Å². The van der Waals surface area contributed by atoms with Crippen molar-refractivity contribution in [1.29, 1.82) is 0 Å². The largest absolute Gasteiger partial charge is 0.343 e. The molecule has 0 spiro atoms. The Kier molecular flexibility index (Phi) is 5.11. The summed E-state index contributed by atoms with van der Waals surface area (Å²) in [5, 5.41) is 5.32. The number of nitrogens with one attached hydrogen (secondary N) is 2. The molecule has 0 aliphatic heterocycles. The minimum Gasteiger partial charge on any atom is -0.343 e. The van der Waals surface area contributed by atoms with Crippen molar-refractivity contribution in [3.63, 3.8) is 0 Å². The number of amides is 2. The van der Waals surface area contributed by atoms with Gasteiger partial charge in [-0.05, 0) is 35.2 Å². The summed E-state index contributed by atoms with van der Waals surface area (Å²) in [5.41, 5.74) is 2.40. The van der Waals surface area contributed by atoms with Gasteiger partial charge in [-0.2, -0.15) is 0 Å². The van der Waals surface area contributed by atoms with Crippen LogP contribution in [0.3, 0.4) is 0 Å². The maximum atomic E-state index is 11.9. The molecule has 1 aromatic carbocycles. The highest BCUT2D eigenvalue weighted by Crippen LogP contribution is 2.23. The number of aromatic nitrogens is 1. The van der Waals surface area contributed by atoms with Crippen LogP contribution in [0, 0.1) is 0 Å². The summed E-state index contributed by atoms with van der Waals surface area (Å²) < 4.78 is 0. The number of nitrogens with zero attached hydrogens (tertiary/aromatic N) is 1. The third-order valence-corrected chi connectivity index (χ3v) is 3.37. The van der Waals surface area contributed by atoms with Crippen molar-refractivity contribution >= 4 is 17.5 Å². The van der Waals surface area contributed by atoms with Crippen LogP contribution in [0.5, 0.6) is 0 Å². The smallest absolute Gasteiger partial charge is 0.253 e. The van der Waals surface area contributed by atoms with Gasteiger partial charge >= 0.3 is 0 Å². The molecule has 2 aromatic rings. The van der Waals surface area contributed by atoms with E-state index in [-0.39, 0.29) is 23.8 Å². The van der Waals surface area contributed by atoms with Crippen LogP contribution in [0.15, 0.2) is 48.8 Å². The van der Waals surface area contributed by atoms with E-state index in [0.29, 0.717) is 11.3 Å². The lowest BCUT2D eigenvalue weighted by Gasteiger charge is -2.19. The van der Waals surface area contributed by atoms with Gasteiger partial charge in [-0.25, -0.2) is 0 Å². The van der Waals surface area contributed by atoms with Crippen molar-refractivity contribution < 1.29 is 9.59 Å². The lowest BCUT2D eigenvalue weighted by atomic mass is 9.87. The van der Waals surface area contributed by atoms with E-state index in [1.54, 1.807) is 18.3 Å². The molecule has 2 rings (SSSR count). The molecular formula is C18H21N3O2. The fourth-order valence-corrected chi connectivity index (χ4v) is 2.02. The number of anilines is 1. The Hall–Kier alpha value is -2.69. The number of rotatable bonds is 4. The predicted octanol–water partition coefficient (Wildman–Crippen LogP) is 2.75. The van der Waals surface area contributed by atoms with E-state index in [4.69, 9.17) is 0 Å². The molecule has 0 atom stereocenters. The molecule has 23 heavy (non-hydrogen) atoms. The monoisotopic (exact) mass is 311 g/mol. The van der Waals surface area contributed by atoms with Crippen LogP contribution < -0.4 is 10.6 Å². The molecule has 5 heteroatoms. The highest BCUT2D eigenvalue weighted by Gasteiger charge is 2.13. The van der Waals surface area contributed by atoms with Gasteiger partial charge in [-0.1, -0.05) is 32.9 Å². The highest BCUT2D eigenvalue weighted by atomic mass is 16.2. The summed E-state index contributed by atoms with van der Waals surface area (Å²) in [5.74, 6) is -0.595. The van der Waals surface area contributed by atoms with E-state index < -0.39 is 0 Å². The number of benzene rings is 1. The molecule has 2 amide bonds. The molecule has 0 aliphatic rings. The Balaban J connectivity index is 1.86. The lowest BCUT2D eigenvalue weighted by molar-refractivity contribution is -0.115. The zero-order valence-electron chi connectivity index (χ0n) is 13.6. The molecule has 2 N–H and O–H groups in total. The van der Waals surface area contributed by atoms with Crippen LogP contribution in [0.2, 0.25) is 0 Å². The summed E-state index contributed by atoms with van der Waals surface area (Å²) >= 11 is 0. The number of hydrogen-bond donors (Lipinski definition) is 2. The number of hydrogen-bond acceptors (Lipinski definition) is 3. The molecule has 1 aromatic heterocycles. The molecule has 120 valence electrons. The fraction of sp³-hybridized carbons (Fsp3) is 0.278. The third-order valence-electron chi connectivity index (χ3n) is 3.37. The van der Waals surface area contributed by atoms with Crippen LogP contribution in [0.4, 0.5) is 5.69 Å². The highest BCUT2D eigenvalue weighted by molar-refractivity contribution is 5.99. The normalized spacial score (nSPS) is 10.9. The van der Waals surface area contributed by atoms with Crippen LogP contribution in [-0.4, -0.2) is 23.3 Å². The first kappa shape index (κ1) is 16.7. The summed E-state index contributed by atoms with van der Waals surface area (Å²) in [6, 6.07) is 11.0. The number of carbonyl (C=O) groups is 2. The first-order chi connectivity index (χ1) is 10.9. The van der Waals surface area contributed by atoms with E-state index in [1.165, 1.54) is 11.8 Å². The Bertz CT molecular complexity index is 674. The molecule has 0 fully saturated rings.